The summed E-state index contributed by atoms with van der Waals surface area (Å²) in [7, 11) is 0. The van der Waals surface area contributed by atoms with Gasteiger partial charge in [-0.2, -0.15) is 0 Å². The Morgan fingerprint density at radius 1 is 0.452 bits per heavy atom. The van der Waals surface area contributed by atoms with Gasteiger partial charge < -0.3 is 10.2 Å². The molecule has 31 heavy (non-hydrogen) atoms. The summed E-state index contributed by atoms with van der Waals surface area (Å²) in [6, 6.07) is 8.23. The third-order valence-corrected chi connectivity index (χ3v) is 6.76. The number of benzene rings is 2. The van der Waals surface area contributed by atoms with Crippen molar-refractivity contribution in [1.82, 2.24) is 0 Å². The molecule has 2 nitrogen and oxygen atoms in total. The number of hydrogen-bond donors (Lipinski definition) is 2. The predicted octanol–water partition coefficient (Wildman–Crippen LogP) is 8.44. The largest absolute Gasteiger partial charge is 0.508 e. The van der Waals surface area contributed by atoms with Gasteiger partial charge in [-0.05, 0) is 57.1 Å². The second kappa shape index (κ2) is 8.06. The molecule has 0 aliphatic carbocycles. The van der Waals surface area contributed by atoms with Gasteiger partial charge in [-0.3, -0.25) is 0 Å². The van der Waals surface area contributed by atoms with Gasteiger partial charge in [0.05, 0.1) is 0 Å². The molecule has 0 radical (unpaired) electrons. The smallest absolute Gasteiger partial charge is 0.119 e. The molecule has 0 heterocycles. The van der Waals surface area contributed by atoms with Crippen LogP contribution in [0.3, 0.4) is 0 Å². The molecule has 2 N–H and O–H groups in total. The Labute approximate surface area is 194 Å². The van der Waals surface area contributed by atoms with Crippen LogP contribution >= 0.6 is 11.8 Å². The average molecular weight is 443 g/mol. The van der Waals surface area contributed by atoms with Crippen LogP contribution in [-0.4, -0.2) is 10.2 Å². The lowest BCUT2D eigenvalue weighted by molar-refractivity contribution is 0.441. The zero-order valence-electron chi connectivity index (χ0n) is 21.6. The second-order valence-electron chi connectivity index (χ2n) is 12.8. The summed E-state index contributed by atoms with van der Waals surface area (Å²) in [5.41, 5.74) is 3.64. The van der Waals surface area contributed by atoms with E-state index in [2.05, 4.69) is 95.2 Å². The lowest BCUT2D eigenvalue weighted by Gasteiger charge is -2.30. The van der Waals surface area contributed by atoms with Gasteiger partial charge >= 0.3 is 0 Å². The first-order valence-electron chi connectivity index (χ1n) is 11.2. The van der Waals surface area contributed by atoms with Gasteiger partial charge in [0.25, 0.3) is 0 Å². The minimum absolute atomic E-state index is 0.109. The van der Waals surface area contributed by atoms with E-state index in [0.717, 1.165) is 32.0 Å². The Kier molecular flexibility index (Phi) is 6.67. The number of rotatable bonds is 2. The first kappa shape index (κ1) is 25.6. The molecule has 0 saturated carbocycles. The molecule has 0 fully saturated rings. The molecule has 0 bridgehead atoms. The van der Waals surface area contributed by atoms with Crippen molar-refractivity contribution in [3.63, 3.8) is 0 Å². The number of phenols is 2. The fourth-order valence-electron chi connectivity index (χ4n) is 3.80. The SMILES string of the molecule is CC(C)(C)c1cc(Sc2cc(C(C)(C)C)c(O)cc2C(C)(C)C)c(C(C)(C)C)cc1O. The van der Waals surface area contributed by atoms with Crippen LogP contribution in [0, 0.1) is 0 Å². The van der Waals surface area contributed by atoms with Gasteiger partial charge in [0.1, 0.15) is 11.5 Å². The topological polar surface area (TPSA) is 40.5 Å². The van der Waals surface area contributed by atoms with Crippen molar-refractivity contribution in [3.05, 3.63) is 46.5 Å². The van der Waals surface area contributed by atoms with E-state index < -0.39 is 0 Å². The normalized spacial score (nSPS) is 13.5. The highest BCUT2D eigenvalue weighted by molar-refractivity contribution is 7.99. The van der Waals surface area contributed by atoms with Crippen molar-refractivity contribution in [3.8, 4) is 11.5 Å². The summed E-state index contributed by atoms with van der Waals surface area (Å²) in [5.74, 6) is 0.720. The van der Waals surface area contributed by atoms with E-state index in [1.54, 1.807) is 11.8 Å². The molecule has 172 valence electrons. The molecule has 2 aromatic carbocycles. The van der Waals surface area contributed by atoms with Crippen molar-refractivity contribution in [2.75, 3.05) is 0 Å². The summed E-state index contributed by atoms with van der Waals surface area (Å²) in [4.78, 5) is 2.32. The van der Waals surface area contributed by atoms with E-state index in [-0.39, 0.29) is 21.7 Å². The van der Waals surface area contributed by atoms with Crippen LogP contribution in [0.2, 0.25) is 0 Å². The Morgan fingerprint density at radius 2 is 0.710 bits per heavy atom. The Morgan fingerprint density at radius 3 is 0.935 bits per heavy atom. The van der Waals surface area contributed by atoms with Crippen molar-refractivity contribution in [1.29, 1.82) is 0 Å². The molecule has 0 unspecified atom stereocenters. The summed E-state index contributed by atoms with van der Waals surface area (Å²) in [5, 5.41) is 21.6. The van der Waals surface area contributed by atoms with Crippen LogP contribution in [0.25, 0.3) is 0 Å². The minimum atomic E-state index is -0.159. The maximum Gasteiger partial charge on any atom is 0.119 e. The van der Waals surface area contributed by atoms with E-state index in [0.29, 0.717) is 11.5 Å². The van der Waals surface area contributed by atoms with Gasteiger partial charge in [0.15, 0.2) is 0 Å². The van der Waals surface area contributed by atoms with E-state index in [1.165, 1.54) is 0 Å². The molecule has 2 rings (SSSR count). The molecule has 0 aliphatic heterocycles. The third-order valence-electron chi connectivity index (χ3n) is 5.65. The zero-order chi connectivity index (χ0) is 24.2. The van der Waals surface area contributed by atoms with Crippen molar-refractivity contribution >= 4 is 11.8 Å². The lowest BCUT2D eigenvalue weighted by atomic mass is 9.81. The predicted molar refractivity (Wildman–Crippen MR) is 135 cm³/mol. The van der Waals surface area contributed by atoms with Crippen LogP contribution in [-0.2, 0) is 21.7 Å². The molecule has 0 saturated heterocycles. The maximum atomic E-state index is 10.8. The molecule has 0 atom stereocenters. The molecule has 0 spiro atoms. The molecule has 3 heteroatoms. The van der Waals surface area contributed by atoms with Gasteiger partial charge in [-0.15, -0.1) is 0 Å². The van der Waals surface area contributed by atoms with Crippen LogP contribution in [0.1, 0.15) is 105 Å². The molecule has 0 amide bonds. The highest BCUT2D eigenvalue weighted by Gasteiger charge is 2.29. The molecular weight excluding hydrogens is 400 g/mol. The van der Waals surface area contributed by atoms with Crippen molar-refractivity contribution < 1.29 is 10.2 Å². The van der Waals surface area contributed by atoms with Gasteiger partial charge in [-0.25, -0.2) is 0 Å². The average Bonchev–Trinajstić information content (AvgIpc) is 2.53. The van der Waals surface area contributed by atoms with Crippen molar-refractivity contribution in [2.24, 2.45) is 0 Å². The zero-order valence-corrected chi connectivity index (χ0v) is 22.4. The van der Waals surface area contributed by atoms with E-state index in [4.69, 9.17) is 0 Å². The summed E-state index contributed by atoms with van der Waals surface area (Å²) < 4.78 is 0. The summed E-state index contributed by atoms with van der Waals surface area (Å²) in [6.07, 6.45) is 0. The molecular formula is C28H42O2S. The fraction of sp³-hybridized carbons (Fsp3) is 0.571. The van der Waals surface area contributed by atoms with E-state index >= 15 is 0 Å². The second-order valence-corrected chi connectivity index (χ2v) is 13.9. The highest BCUT2D eigenvalue weighted by atomic mass is 32.2. The highest BCUT2D eigenvalue weighted by Crippen LogP contribution is 2.47. The number of hydrogen-bond acceptors (Lipinski definition) is 3. The van der Waals surface area contributed by atoms with Crippen LogP contribution in [0.5, 0.6) is 11.5 Å². The molecule has 0 aliphatic rings. The Hall–Kier alpha value is -1.61. The molecule has 0 aromatic heterocycles. The van der Waals surface area contributed by atoms with Gasteiger partial charge in [0, 0.05) is 20.9 Å². The fourth-order valence-corrected chi connectivity index (χ4v) is 5.34. The monoisotopic (exact) mass is 442 g/mol. The Bertz CT molecular complexity index is 879. The summed E-state index contributed by atoms with van der Waals surface area (Å²) >= 11 is 1.75. The van der Waals surface area contributed by atoms with E-state index in [9.17, 15) is 10.2 Å². The minimum Gasteiger partial charge on any atom is -0.508 e. The van der Waals surface area contributed by atoms with Crippen LogP contribution in [0.4, 0.5) is 0 Å². The Balaban J connectivity index is 2.82. The van der Waals surface area contributed by atoms with E-state index in [1.807, 2.05) is 12.1 Å². The van der Waals surface area contributed by atoms with Crippen molar-refractivity contribution in [2.45, 2.75) is 115 Å². The van der Waals surface area contributed by atoms with Gasteiger partial charge in [0.2, 0.25) is 0 Å². The quantitative estimate of drug-likeness (QED) is 0.490. The lowest BCUT2D eigenvalue weighted by Crippen LogP contribution is -2.18. The standard InChI is InChI=1S/C28H42O2S/c1-25(2,3)17-15-23(19(13-21(17)29)27(7,8)9)31-24-16-18(26(4,5)6)22(30)14-20(24)28(10,11)12/h13-16,29-30H,1-12H3. The number of phenolic OH excluding ortho intramolecular Hbond substituents is 2. The number of aromatic hydroxyl groups is 2. The van der Waals surface area contributed by atoms with Crippen LogP contribution in [0.15, 0.2) is 34.1 Å². The summed E-state index contributed by atoms with van der Waals surface area (Å²) in [6.45, 7) is 25.9. The third kappa shape index (κ3) is 5.80. The maximum absolute atomic E-state index is 10.8. The molecule has 2 aromatic rings. The van der Waals surface area contributed by atoms with Crippen LogP contribution < -0.4 is 0 Å². The van der Waals surface area contributed by atoms with Gasteiger partial charge in [-0.1, -0.05) is 94.8 Å². The first-order valence-corrected chi connectivity index (χ1v) is 12.0. The first-order chi connectivity index (χ1) is 13.7.